The fourth-order valence-electron chi connectivity index (χ4n) is 2.25. The third kappa shape index (κ3) is 5.40. The second kappa shape index (κ2) is 9.65. The van der Waals surface area contributed by atoms with E-state index in [9.17, 15) is 4.79 Å². The Hall–Kier alpha value is -3.20. The Morgan fingerprint density at radius 3 is 2.61 bits per heavy atom. The first-order chi connectivity index (χ1) is 13.7. The Balaban J connectivity index is 1.48. The second-order valence-corrected chi connectivity index (χ2v) is 6.40. The molecule has 28 heavy (non-hydrogen) atoms. The van der Waals surface area contributed by atoms with Crippen LogP contribution < -0.4 is 19.5 Å². The van der Waals surface area contributed by atoms with E-state index in [4.69, 9.17) is 18.6 Å². The summed E-state index contributed by atoms with van der Waals surface area (Å²) in [5.74, 6) is 2.09. The van der Waals surface area contributed by atoms with Crippen molar-refractivity contribution in [1.82, 2.24) is 10.2 Å². The lowest BCUT2D eigenvalue weighted by atomic mass is 10.2. The van der Waals surface area contributed by atoms with Crippen LogP contribution in [0.4, 0.5) is 5.69 Å². The SMILES string of the molecule is COc1ccc(NC(=O)CSc2nnc(COc3ccccc3)o2)cc1OC. The number of amides is 1. The highest BCUT2D eigenvalue weighted by molar-refractivity contribution is 7.99. The first-order valence-corrected chi connectivity index (χ1v) is 9.31. The Morgan fingerprint density at radius 2 is 1.86 bits per heavy atom. The molecule has 1 amide bonds. The van der Waals surface area contributed by atoms with Crippen molar-refractivity contribution in [1.29, 1.82) is 0 Å². The number of thioether (sulfide) groups is 1. The number of para-hydroxylation sites is 1. The largest absolute Gasteiger partial charge is 0.493 e. The molecule has 1 heterocycles. The molecule has 0 aliphatic carbocycles. The van der Waals surface area contributed by atoms with Gasteiger partial charge in [0.05, 0.1) is 20.0 Å². The molecule has 2 aromatic carbocycles. The number of hydrogen-bond acceptors (Lipinski definition) is 8. The number of anilines is 1. The normalized spacial score (nSPS) is 10.4. The summed E-state index contributed by atoms with van der Waals surface area (Å²) in [6.07, 6.45) is 0. The molecule has 0 unspecified atom stereocenters. The van der Waals surface area contributed by atoms with Crippen LogP contribution in [0.5, 0.6) is 17.2 Å². The van der Waals surface area contributed by atoms with Crippen LogP contribution in [0.25, 0.3) is 0 Å². The van der Waals surface area contributed by atoms with E-state index >= 15 is 0 Å². The molecule has 0 atom stereocenters. The Kier molecular flexibility index (Phi) is 6.74. The molecular formula is C19H19N3O5S. The molecule has 1 N–H and O–H groups in total. The second-order valence-electron chi connectivity index (χ2n) is 5.47. The van der Waals surface area contributed by atoms with E-state index in [2.05, 4.69) is 15.5 Å². The van der Waals surface area contributed by atoms with Gasteiger partial charge in [-0.3, -0.25) is 4.79 Å². The number of methoxy groups -OCH3 is 2. The number of rotatable bonds is 9. The van der Waals surface area contributed by atoms with Crippen molar-refractivity contribution in [2.45, 2.75) is 11.8 Å². The number of nitrogens with one attached hydrogen (secondary N) is 1. The predicted molar refractivity (Wildman–Crippen MR) is 104 cm³/mol. The lowest BCUT2D eigenvalue weighted by Crippen LogP contribution is -2.14. The third-order valence-corrected chi connectivity index (χ3v) is 4.37. The van der Waals surface area contributed by atoms with E-state index < -0.39 is 0 Å². The zero-order valence-corrected chi connectivity index (χ0v) is 16.2. The number of nitrogens with zero attached hydrogens (tertiary/aromatic N) is 2. The molecule has 1 aromatic heterocycles. The number of hydrogen-bond donors (Lipinski definition) is 1. The minimum Gasteiger partial charge on any atom is -0.493 e. The molecule has 0 spiro atoms. The van der Waals surface area contributed by atoms with Crippen LogP contribution in [-0.4, -0.2) is 36.1 Å². The molecule has 0 aliphatic heterocycles. The van der Waals surface area contributed by atoms with Crippen LogP contribution in [0.2, 0.25) is 0 Å². The Labute approximate surface area is 166 Å². The van der Waals surface area contributed by atoms with Gasteiger partial charge in [0.2, 0.25) is 5.91 Å². The fourth-order valence-corrected chi connectivity index (χ4v) is 2.84. The van der Waals surface area contributed by atoms with E-state index in [0.29, 0.717) is 34.0 Å². The molecule has 0 radical (unpaired) electrons. The average molecular weight is 401 g/mol. The topological polar surface area (TPSA) is 95.7 Å². The van der Waals surface area contributed by atoms with Crippen molar-refractivity contribution in [3.05, 3.63) is 54.4 Å². The molecule has 0 fully saturated rings. The first kappa shape index (κ1) is 19.6. The number of ether oxygens (including phenoxy) is 3. The lowest BCUT2D eigenvalue weighted by molar-refractivity contribution is -0.113. The monoisotopic (exact) mass is 401 g/mol. The zero-order chi connectivity index (χ0) is 19.8. The van der Waals surface area contributed by atoms with Crippen molar-refractivity contribution < 1.29 is 23.4 Å². The highest BCUT2D eigenvalue weighted by Crippen LogP contribution is 2.29. The van der Waals surface area contributed by atoms with Gasteiger partial charge in [-0.1, -0.05) is 30.0 Å². The van der Waals surface area contributed by atoms with Gasteiger partial charge in [0.25, 0.3) is 11.1 Å². The van der Waals surface area contributed by atoms with Gasteiger partial charge in [-0.05, 0) is 24.3 Å². The molecule has 0 saturated carbocycles. The van der Waals surface area contributed by atoms with Gasteiger partial charge in [-0.2, -0.15) is 0 Å². The van der Waals surface area contributed by atoms with Crippen molar-refractivity contribution in [2.24, 2.45) is 0 Å². The highest BCUT2D eigenvalue weighted by Gasteiger charge is 2.12. The summed E-state index contributed by atoms with van der Waals surface area (Å²) >= 11 is 1.14. The molecule has 146 valence electrons. The summed E-state index contributed by atoms with van der Waals surface area (Å²) < 4.78 is 21.4. The standard InChI is InChI=1S/C19H19N3O5S/c1-24-15-9-8-13(10-16(15)25-2)20-17(23)12-28-19-22-21-18(27-19)11-26-14-6-4-3-5-7-14/h3-10H,11-12H2,1-2H3,(H,20,23). The molecule has 0 aliphatic rings. The molecule has 0 saturated heterocycles. The quantitative estimate of drug-likeness (QED) is 0.545. The highest BCUT2D eigenvalue weighted by atomic mass is 32.2. The summed E-state index contributed by atoms with van der Waals surface area (Å²) in [6, 6.07) is 14.5. The predicted octanol–water partition coefficient (Wildman–Crippen LogP) is 3.40. The summed E-state index contributed by atoms with van der Waals surface area (Å²) in [6.45, 7) is 0.162. The van der Waals surface area contributed by atoms with E-state index in [1.165, 1.54) is 7.11 Å². The van der Waals surface area contributed by atoms with Crippen LogP contribution in [0.15, 0.2) is 58.2 Å². The van der Waals surface area contributed by atoms with Crippen LogP contribution in [0.1, 0.15) is 5.89 Å². The zero-order valence-electron chi connectivity index (χ0n) is 15.4. The minimum atomic E-state index is -0.211. The van der Waals surface area contributed by atoms with Crippen molar-refractivity contribution >= 4 is 23.4 Å². The number of benzene rings is 2. The smallest absolute Gasteiger partial charge is 0.277 e. The van der Waals surface area contributed by atoms with Gasteiger partial charge < -0.3 is 23.9 Å². The minimum absolute atomic E-state index is 0.121. The van der Waals surface area contributed by atoms with Crippen LogP contribution in [0, 0.1) is 0 Å². The van der Waals surface area contributed by atoms with E-state index in [1.54, 1.807) is 25.3 Å². The van der Waals surface area contributed by atoms with Crippen LogP contribution >= 0.6 is 11.8 Å². The van der Waals surface area contributed by atoms with Gasteiger partial charge in [0.15, 0.2) is 18.1 Å². The molecule has 3 aromatic rings. The molecule has 3 rings (SSSR count). The fraction of sp³-hybridized carbons (Fsp3) is 0.211. The maximum Gasteiger partial charge on any atom is 0.277 e. The van der Waals surface area contributed by atoms with E-state index in [-0.39, 0.29) is 18.3 Å². The molecule has 9 heteroatoms. The molecule has 0 bridgehead atoms. The number of aromatic nitrogens is 2. The molecular weight excluding hydrogens is 382 g/mol. The van der Waals surface area contributed by atoms with E-state index in [1.807, 2.05) is 30.3 Å². The Bertz CT molecular complexity index is 917. The van der Waals surface area contributed by atoms with Crippen molar-refractivity contribution in [3.63, 3.8) is 0 Å². The van der Waals surface area contributed by atoms with Gasteiger partial charge in [-0.25, -0.2) is 0 Å². The summed E-state index contributed by atoms with van der Waals surface area (Å²) in [7, 11) is 3.09. The van der Waals surface area contributed by atoms with Crippen molar-refractivity contribution in [2.75, 3.05) is 25.3 Å². The van der Waals surface area contributed by atoms with Gasteiger partial charge >= 0.3 is 0 Å². The summed E-state index contributed by atoms with van der Waals surface area (Å²) in [4.78, 5) is 12.1. The van der Waals surface area contributed by atoms with Gasteiger partial charge in [0.1, 0.15) is 5.75 Å². The van der Waals surface area contributed by atoms with Gasteiger partial charge in [0, 0.05) is 11.8 Å². The average Bonchev–Trinajstić information content (AvgIpc) is 3.19. The van der Waals surface area contributed by atoms with Crippen LogP contribution in [0.3, 0.4) is 0 Å². The number of carbonyl (C=O) groups is 1. The lowest BCUT2D eigenvalue weighted by Gasteiger charge is -2.10. The summed E-state index contributed by atoms with van der Waals surface area (Å²) in [5, 5.41) is 10.9. The maximum atomic E-state index is 12.1. The third-order valence-electron chi connectivity index (χ3n) is 3.55. The maximum absolute atomic E-state index is 12.1. The van der Waals surface area contributed by atoms with E-state index in [0.717, 1.165) is 11.8 Å². The van der Waals surface area contributed by atoms with Crippen LogP contribution in [-0.2, 0) is 11.4 Å². The summed E-state index contributed by atoms with van der Waals surface area (Å²) in [5.41, 5.74) is 0.603. The molecule has 8 nitrogen and oxygen atoms in total. The first-order valence-electron chi connectivity index (χ1n) is 8.33. The van der Waals surface area contributed by atoms with Gasteiger partial charge in [-0.15, -0.1) is 10.2 Å². The van der Waals surface area contributed by atoms with Crippen molar-refractivity contribution in [3.8, 4) is 17.2 Å². The number of carbonyl (C=O) groups excluding carboxylic acids is 1. The Morgan fingerprint density at radius 1 is 1.07 bits per heavy atom.